The number of fused-ring (bicyclic) bond motifs is 3. The molecule has 0 aromatic heterocycles. The van der Waals surface area contributed by atoms with E-state index in [-0.39, 0.29) is 0 Å². The summed E-state index contributed by atoms with van der Waals surface area (Å²) in [6.07, 6.45) is 1.02. The molecule has 1 aliphatic rings. The second-order valence-electron chi connectivity index (χ2n) is 6.96. The Morgan fingerprint density at radius 3 is 1.74 bits per heavy atom. The van der Waals surface area contributed by atoms with Crippen LogP contribution in [0, 0.1) is 0 Å². The Hall–Kier alpha value is -2.47. The van der Waals surface area contributed by atoms with Crippen molar-refractivity contribution < 1.29 is 0 Å². The van der Waals surface area contributed by atoms with Gasteiger partial charge in [-0.2, -0.15) is 0 Å². The zero-order chi connectivity index (χ0) is 18.3. The minimum Gasteiger partial charge on any atom is -0.0826 e. The second-order valence-corrected chi connectivity index (χ2v) is 11.4. The molecule has 0 amide bonds. The highest BCUT2D eigenvalue weighted by Gasteiger charge is 2.27. The molecule has 0 aliphatic heterocycles. The first-order valence-electron chi connectivity index (χ1n) is 9.20. The second kappa shape index (κ2) is 6.60. The number of rotatable bonds is 3. The van der Waals surface area contributed by atoms with Gasteiger partial charge in [-0.05, 0) is 50.7 Å². The Morgan fingerprint density at radius 1 is 0.519 bits per heavy atom. The Balaban J connectivity index is 1.75. The van der Waals surface area contributed by atoms with Crippen molar-refractivity contribution in [3.8, 4) is 11.1 Å². The summed E-state index contributed by atoms with van der Waals surface area (Å²) in [5, 5.41) is 3.76. The number of hydrogen-bond donors (Lipinski definition) is 0. The van der Waals surface area contributed by atoms with Crippen molar-refractivity contribution in [1.82, 2.24) is 0 Å². The van der Waals surface area contributed by atoms with E-state index in [1.165, 1.54) is 38.2 Å². The van der Waals surface area contributed by atoms with Gasteiger partial charge >= 0.3 is 0 Å². The van der Waals surface area contributed by atoms with Crippen LogP contribution < -0.4 is 15.9 Å². The van der Waals surface area contributed by atoms with E-state index in [4.69, 9.17) is 11.8 Å². The molecule has 0 heterocycles. The Kier molecular flexibility index (Phi) is 4.08. The highest BCUT2D eigenvalue weighted by atomic mass is 32.4. The van der Waals surface area contributed by atoms with Crippen LogP contribution in [0.2, 0.25) is 0 Å². The van der Waals surface area contributed by atoms with E-state index < -0.39 is 6.04 Å². The van der Waals surface area contributed by atoms with Crippen LogP contribution >= 0.6 is 6.04 Å². The first-order valence-corrected chi connectivity index (χ1v) is 12.0. The lowest BCUT2D eigenvalue weighted by molar-refractivity contribution is 1.26. The van der Waals surface area contributed by atoms with E-state index in [1.54, 1.807) is 0 Å². The predicted molar refractivity (Wildman–Crippen MR) is 121 cm³/mol. The van der Waals surface area contributed by atoms with Crippen LogP contribution in [0.4, 0.5) is 0 Å². The fraction of sp³-hybridized carbons (Fsp3) is 0.0400. The fourth-order valence-corrected chi connectivity index (χ4v) is 7.78. The zero-order valence-corrected chi connectivity index (χ0v) is 16.6. The molecule has 130 valence electrons. The van der Waals surface area contributed by atoms with Crippen LogP contribution in [0.3, 0.4) is 0 Å². The van der Waals surface area contributed by atoms with Gasteiger partial charge < -0.3 is 0 Å². The van der Waals surface area contributed by atoms with Crippen molar-refractivity contribution in [1.29, 1.82) is 0 Å². The molecule has 4 aromatic carbocycles. The van der Waals surface area contributed by atoms with Crippen LogP contribution in [0.5, 0.6) is 0 Å². The van der Waals surface area contributed by atoms with Gasteiger partial charge in [0.05, 0.1) is 0 Å². The highest BCUT2D eigenvalue weighted by Crippen LogP contribution is 2.45. The van der Waals surface area contributed by atoms with E-state index in [0.29, 0.717) is 0 Å². The monoisotopic (exact) mass is 382 g/mol. The zero-order valence-electron chi connectivity index (χ0n) is 14.9. The first kappa shape index (κ1) is 16.7. The molecule has 0 fully saturated rings. The van der Waals surface area contributed by atoms with Gasteiger partial charge in [0.15, 0.2) is 0 Å². The molecule has 0 atom stereocenters. The molecule has 0 spiro atoms. The SMILES string of the molecule is S=P(c1ccccc1)(c1ccccc1)c1ccc2c(c1)-c1ccccc1C2. The topological polar surface area (TPSA) is 0 Å². The fourth-order valence-electron chi connectivity index (χ4n) is 4.03. The minimum atomic E-state index is -2.09. The van der Waals surface area contributed by atoms with Crippen molar-refractivity contribution in [3.05, 3.63) is 114 Å². The average molecular weight is 382 g/mol. The lowest BCUT2D eigenvalue weighted by atomic mass is 10.1. The lowest BCUT2D eigenvalue weighted by Crippen LogP contribution is -2.24. The molecule has 0 saturated heterocycles. The Labute approximate surface area is 165 Å². The summed E-state index contributed by atoms with van der Waals surface area (Å²) >= 11 is 6.48. The van der Waals surface area contributed by atoms with Crippen LogP contribution in [-0.2, 0) is 18.2 Å². The molecule has 4 aromatic rings. The normalized spacial score (nSPS) is 12.4. The van der Waals surface area contributed by atoms with E-state index in [1.807, 2.05) is 0 Å². The maximum absolute atomic E-state index is 6.48. The van der Waals surface area contributed by atoms with Gasteiger partial charge in [0.1, 0.15) is 0 Å². The molecule has 0 bridgehead atoms. The lowest BCUT2D eigenvalue weighted by Gasteiger charge is -2.24. The molecule has 2 heteroatoms. The van der Waals surface area contributed by atoms with E-state index >= 15 is 0 Å². The van der Waals surface area contributed by atoms with Gasteiger partial charge in [0.2, 0.25) is 0 Å². The molecule has 0 N–H and O–H groups in total. The Bertz CT molecular complexity index is 1120. The highest BCUT2D eigenvalue weighted by molar-refractivity contribution is 8.25. The summed E-state index contributed by atoms with van der Waals surface area (Å²) < 4.78 is 0. The summed E-state index contributed by atoms with van der Waals surface area (Å²) in [5.41, 5.74) is 5.53. The molecule has 27 heavy (non-hydrogen) atoms. The molecule has 0 unspecified atom stereocenters. The van der Waals surface area contributed by atoms with Crippen molar-refractivity contribution in [2.24, 2.45) is 0 Å². The number of hydrogen-bond acceptors (Lipinski definition) is 1. The van der Waals surface area contributed by atoms with Gasteiger partial charge in [-0.3, -0.25) is 0 Å². The quantitative estimate of drug-likeness (QED) is 0.395. The average Bonchev–Trinajstić information content (AvgIpc) is 3.12. The number of benzene rings is 4. The minimum absolute atomic E-state index is 1.02. The summed E-state index contributed by atoms with van der Waals surface area (Å²) in [4.78, 5) is 0. The third kappa shape index (κ3) is 2.70. The van der Waals surface area contributed by atoms with E-state index in [2.05, 4.69) is 103 Å². The largest absolute Gasteiger partial charge is 0.0826 e. The molecular formula is C25H19PS. The third-order valence-electron chi connectivity index (χ3n) is 5.39. The van der Waals surface area contributed by atoms with Crippen molar-refractivity contribution in [2.45, 2.75) is 6.42 Å². The van der Waals surface area contributed by atoms with Gasteiger partial charge in [0.25, 0.3) is 0 Å². The van der Waals surface area contributed by atoms with Crippen LogP contribution in [0.15, 0.2) is 103 Å². The van der Waals surface area contributed by atoms with Gasteiger partial charge in [-0.25, -0.2) is 0 Å². The molecule has 0 nitrogen and oxygen atoms in total. The van der Waals surface area contributed by atoms with Crippen LogP contribution in [0.25, 0.3) is 11.1 Å². The van der Waals surface area contributed by atoms with E-state index in [9.17, 15) is 0 Å². The van der Waals surface area contributed by atoms with Crippen LogP contribution in [0.1, 0.15) is 11.1 Å². The van der Waals surface area contributed by atoms with Crippen molar-refractivity contribution in [3.63, 3.8) is 0 Å². The maximum atomic E-state index is 6.48. The van der Waals surface area contributed by atoms with Gasteiger partial charge in [-0.15, -0.1) is 0 Å². The van der Waals surface area contributed by atoms with Crippen molar-refractivity contribution in [2.75, 3.05) is 0 Å². The third-order valence-corrected chi connectivity index (χ3v) is 10.3. The molecular weight excluding hydrogens is 363 g/mol. The van der Waals surface area contributed by atoms with Crippen LogP contribution in [-0.4, -0.2) is 0 Å². The molecule has 1 aliphatic carbocycles. The molecule has 0 radical (unpaired) electrons. The first-order chi connectivity index (χ1) is 13.3. The summed E-state index contributed by atoms with van der Waals surface area (Å²) in [6, 6.07) is 34.8. The van der Waals surface area contributed by atoms with Crippen molar-refractivity contribution >= 4 is 33.8 Å². The molecule has 0 saturated carbocycles. The molecule has 5 rings (SSSR count). The van der Waals surface area contributed by atoms with Gasteiger partial charge in [0, 0.05) is 6.04 Å². The van der Waals surface area contributed by atoms with Gasteiger partial charge in [-0.1, -0.05) is 109 Å². The summed E-state index contributed by atoms with van der Waals surface area (Å²) in [7, 11) is 0. The van der Waals surface area contributed by atoms with E-state index in [0.717, 1.165) is 6.42 Å². The smallest absolute Gasteiger partial charge is 0.0379 e. The summed E-state index contributed by atoms with van der Waals surface area (Å²) in [6.45, 7) is 0. The maximum Gasteiger partial charge on any atom is 0.0379 e. The Morgan fingerprint density at radius 2 is 1.07 bits per heavy atom. The standard InChI is InChI=1S/C25H19PS/c27-26(21-10-3-1-4-11-21,22-12-5-2-6-13-22)23-16-15-20-17-19-9-7-8-14-24(19)25(20)18-23/h1-16,18H,17H2. The predicted octanol–water partition coefficient (Wildman–Crippen LogP) is 5.01. The summed E-state index contributed by atoms with van der Waals surface area (Å²) in [5.74, 6) is 0.